The van der Waals surface area contributed by atoms with E-state index in [0.717, 1.165) is 40.1 Å². The Morgan fingerprint density at radius 3 is 2.79 bits per heavy atom. The summed E-state index contributed by atoms with van der Waals surface area (Å²) in [5.74, 6) is -0.00618. The lowest BCUT2D eigenvalue weighted by Gasteiger charge is -2.30. The molecule has 2 aromatic heterocycles. The molecule has 2 aliphatic rings. The van der Waals surface area contributed by atoms with E-state index < -0.39 is 23.2 Å². The molecule has 1 fully saturated rings. The van der Waals surface area contributed by atoms with Gasteiger partial charge in [0.1, 0.15) is 23.2 Å². The molecule has 4 heterocycles. The molecule has 43 heavy (non-hydrogen) atoms. The van der Waals surface area contributed by atoms with Gasteiger partial charge in [0.2, 0.25) is 0 Å². The molecule has 0 saturated carbocycles. The van der Waals surface area contributed by atoms with E-state index in [1.807, 2.05) is 33.7 Å². The highest BCUT2D eigenvalue weighted by Crippen LogP contribution is 2.40. The summed E-state index contributed by atoms with van der Waals surface area (Å²) >= 11 is 6.74. The fourth-order valence-corrected chi connectivity index (χ4v) is 5.92. The van der Waals surface area contributed by atoms with Crippen molar-refractivity contribution in [3.63, 3.8) is 0 Å². The number of aromatic nitrogens is 4. The molecule has 0 bridgehead atoms. The van der Waals surface area contributed by atoms with Gasteiger partial charge in [0.05, 0.1) is 26.0 Å². The average Bonchev–Trinajstić information content (AvgIpc) is 3.67. The first-order chi connectivity index (χ1) is 20.4. The quantitative estimate of drug-likeness (QED) is 0.290. The van der Waals surface area contributed by atoms with Gasteiger partial charge in [0.25, 0.3) is 0 Å². The summed E-state index contributed by atoms with van der Waals surface area (Å²) in [6, 6.07) is 9.77. The number of ether oxygens (including phenoxy) is 2. The molecule has 1 saturated heterocycles. The number of anilines is 2. The number of nitrogens with two attached hydrogens (primary N) is 1. The van der Waals surface area contributed by atoms with E-state index in [-0.39, 0.29) is 18.8 Å². The van der Waals surface area contributed by atoms with E-state index in [1.54, 1.807) is 27.1 Å². The summed E-state index contributed by atoms with van der Waals surface area (Å²) < 4.78 is 13.0. The van der Waals surface area contributed by atoms with Crippen LogP contribution >= 0.6 is 11.6 Å². The molecule has 224 valence electrons. The van der Waals surface area contributed by atoms with Crippen molar-refractivity contribution in [1.82, 2.24) is 24.8 Å². The molecule has 0 radical (unpaired) electrons. The number of fused-ring (bicyclic) bond motifs is 2. The van der Waals surface area contributed by atoms with Gasteiger partial charge in [-0.3, -0.25) is 0 Å². The molecule has 0 aliphatic carbocycles. The number of nitrogens with one attached hydrogen (secondary N) is 1. The third-order valence-electron chi connectivity index (χ3n) is 7.71. The van der Waals surface area contributed by atoms with Crippen LogP contribution in [0.1, 0.15) is 38.3 Å². The number of carbonyl (C=O) groups is 2. The second-order valence-corrected chi connectivity index (χ2v) is 12.3. The molecule has 4 aromatic rings. The lowest BCUT2D eigenvalue weighted by Crippen LogP contribution is -2.57. The summed E-state index contributed by atoms with van der Waals surface area (Å²) in [5.41, 5.74) is 9.29. The van der Waals surface area contributed by atoms with E-state index in [4.69, 9.17) is 26.8 Å². The number of carboxylic acids is 1. The lowest BCUT2D eigenvalue weighted by atomic mass is 9.95. The van der Waals surface area contributed by atoms with Crippen molar-refractivity contribution in [3.05, 3.63) is 59.1 Å². The van der Waals surface area contributed by atoms with Crippen LogP contribution in [0.15, 0.2) is 43.0 Å². The van der Waals surface area contributed by atoms with Gasteiger partial charge < -0.3 is 35.1 Å². The van der Waals surface area contributed by atoms with Gasteiger partial charge in [0, 0.05) is 35.7 Å². The van der Waals surface area contributed by atoms with Crippen molar-refractivity contribution in [2.75, 3.05) is 30.3 Å². The zero-order valence-corrected chi connectivity index (χ0v) is 24.8. The Kier molecular flexibility index (Phi) is 7.04. The Balaban J connectivity index is 1.44. The first-order valence-corrected chi connectivity index (χ1v) is 14.3. The summed E-state index contributed by atoms with van der Waals surface area (Å²) in [7, 11) is 0. The molecule has 2 aliphatic heterocycles. The van der Waals surface area contributed by atoms with Gasteiger partial charge in [-0.15, -0.1) is 0 Å². The van der Waals surface area contributed by atoms with Gasteiger partial charge in [-0.05, 0) is 61.7 Å². The van der Waals surface area contributed by atoms with Gasteiger partial charge in [-0.2, -0.15) is 0 Å². The van der Waals surface area contributed by atoms with Gasteiger partial charge in [-0.1, -0.05) is 17.7 Å². The molecule has 0 unspecified atom stereocenters. The van der Waals surface area contributed by atoms with Crippen molar-refractivity contribution < 1.29 is 24.2 Å². The highest BCUT2D eigenvalue weighted by molar-refractivity contribution is 6.31. The third kappa shape index (κ3) is 5.50. The number of hydrogen-bond acceptors (Lipinski definition) is 9. The van der Waals surface area contributed by atoms with Crippen LogP contribution in [-0.4, -0.2) is 67.5 Å². The second-order valence-electron chi connectivity index (χ2n) is 11.9. The summed E-state index contributed by atoms with van der Waals surface area (Å²) in [4.78, 5) is 40.2. The molecule has 13 heteroatoms. The highest BCUT2D eigenvalue weighted by atomic mass is 35.5. The molecule has 0 spiro atoms. The van der Waals surface area contributed by atoms with Crippen molar-refractivity contribution in [1.29, 1.82) is 0 Å². The van der Waals surface area contributed by atoms with Crippen LogP contribution in [0, 0.1) is 0 Å². The minimum Gasteiger partial charge on any atom is -0.493 e. The average molecular weight is 606 g/mol. The van der Waals surface area contributed by atoms with Crippen LogP contribution in [0.5, 0.6) is 5.75 Å². The fourth-order valence-electron chi connectivity index (χ4n) is 5.71. The number of hydrogen-bond donors (Lipinski definition) is 3. The molecule has 12 nitrogen and oxygen atoms in total. The Labute approximate surface area is 252 Å². The van der Waals surface area contributed by atoms with E-state index in [0.29, 0.717) is 35.9 Å². The Hall–Kier alpha value is -4.58. The predicted octanol–water partition coefficient (Wildman–Crippen LogP) is 4.27. The first kappa shape index (κ1) is 28.5. The van der Waals surface area contributed by atoms with E-state index in [9.17, 15) is 14.7 Å². The Morgan fingerprint density at radius 2 is 2.02 bits per heavy atom. The normalized spacial score (nSPS) is 18.0. The fraction of sp³-hybridized carbons (Fsp3) is 0.367. The molecular weight excluding hydrogens is 574 g/mol. The zero-order valence-electron chi connectivity index (χ0n) is 24.1. The molecular formula is C30H32ClN7O5. The monoisotopic (exact) mass is 605 g/mol. The summed E-state index contributed by atoms with van der Waals surface area (Å²) in [6.07, 6.45) is 3.23. The minimum absolute atomic E-state index is 0.00613. The van der Waals surface area contributed by atoms with Gasteiger partial charge in [-0.25, -0.2) is 24.5 Å². The van der Waals surface area contributed by atoms with Crippen LogP contribution < -0.4 is 20.7 Å². The molecule has 1 amide bonds. The minimum atomic E-state index is -1.56. The van der Waals surface area contributed by atoms with Crippen molar-refractivity contribution in [2.24, 2.45) is 0 Å². The van der Waals surface area contributed by atoms with Crippen molar-refractivity contribution in [2.45, 2.75) is 51.3 Å². The summed E-state index contributed by atoms with van der Waals surface area (Å²) in [5, 5.41) is 13.4. The smallest absolute Gasteiger partial charge is 0.408 e. The number of rotatable bonds is 6. The Bertz CT molecular complexity index is 1750. The van der Waals surface area contributed by atoms with Gasteiger partial charge in [0.15, 0.2) is 17.0 Å². The number of amides is 1. The van der Waals surface area contributed by atoms with Gasteiger partial charge >= 0.3 is 12.1 Å². The van der Waals surface area contributed by atoms with E-state index in [2.05, 4.69) is 26.3 Å². The maximum Gasteiger partial charge on any atom is 0.408 e. The number of carboxylic acid groups (broad SMARTS) is 1. The maximum atomic E-state index is 12.7. The molecule has 6 rings (SSSR count). The van der Waals surface area contributed by atoms with E-state index >= 15 is 0 Å². The number of alkyl carbamates (subject to hydrolysis) is 1. The maximum absolute atomic E-state index is 12.7. The van der Waals surface area contributed by atoms with Crippen LogP contribution in [0.3, 0.4) is 0 Å². The zero-order chi connectivity index (χ0) is 30.5. The molecule has 1 atom stereocenters. The lowest BCUT2D eigenvalue weighted by molar-refractivity contribution is -0.143. The third-order valence-corrected chi connectivity index (χ3v) is 7.93. The highest BCUT2D eigenvalue weighted by Gasteiger charge is 2.47. The van der Waals surface area contributed by atoms with Crippen molar-refractivity contribution in [3.8, 4) is 16.9 Å². The number of carbonyl (C=O) groups excluding carboxylic acids is 1. The van der Waals surface area contributed by atoms with Crippen molar-refractivity contribution >= 4 is 46.3 Å². The largest absolute Gasteiger partial charge is 0.493 e. The molecule has 2 aromatic carbocycles. The SMILES string of the molecule is CC(C)(C)OC(=O)N[C@]1(C(=O)O)CCN(c2cc(Cl)cc(-c3ccc4c(c3)CCO4)c2Cn2cnc3c(N)ncnc32)C1. The Morgan fingerprint density at radius 1 is 1.21 bits per heavy atom. The number of benzene rings is 2. The predicted molar refractivity (Wildman–Crippen MR) is 161 cm³/mol. The standard InChI is InChI=1S/C30H32ClN7O5/c1-29(2,3)43-28(41)36-30(27(39)40)7-8-37(14-30)22-12-19(31)11-20(17-4-5-23-18(10-17)6-9-42-23)21(22)13-38-16-35-24-25(32)33-15-34-26(24)38/h4-5,10-12,15-16H,6-9,13-14H2,1-3H3,(H,36,41)(H,39,40)(H2,32,33,34)/t30-/m1/s1. The van der Waals surface area contributed by atoms with Crippen LogP contribution in [0.25, 0.3) is 22.3 Å². The molecule has 4 N–H and O–H groups in total. The number of aliphatic carboxylic acids is 1. The van der Waals surface area contributed by atoms with Crippen LogP contribution in [0.4, 0.5) is 16.3 Å². The summed E-state index contributed by atoms with van der Waals surface area (Å²) in [6.45, 7) is 6.50. The second kappa shape index (κ2) is 10.6. The van der Waals surface area contributed by atoms with Crippen LogP contribution in [-0.2, 0) is 22.5 Å². The number of nitrogen functional groups attached to an aromatic ring is 1. The van der Waals surface area contributed by atoms with Crippen LogP contribution in [0.2, 0.25) is 5.02 Å². The topological polar surface area (TPSA) is 158 Å². The first-order valence-electron chi connectivity index (χ1n) is 13.9. The number of nitrogens with zero attached hydrogens (tertiary/aromatic N) is 5. The number of halogens is 1. The van der Waals surface area contributed by atoms with E-state index in [1.165, 1.54) is 6.33 Å². The number of imidazole rings is 1.